The van der Waals surface area contributed by atoms with Gasteiger partial charge in [-0.2, -0.15) is 0 Å². The lowest BCUT2D eigenvalue weighted by Crippen LogP contribution is -2.35. The van der Waals surface area contributed by atoms with Crippen LogP contribution >= 0.6 is 12.2 Å². The molecule has 0 aliphatic carbocycles. The third-order valence-electron chi connectivity index (χ3n) is 3.08. The Labute approximate surface area is 92.8 Å². The molecule has 0 aromatic carbocycles. The van der Waals surface area contributed by atoms with Gasteiger partial charge < -0.3 is 10.6 Å². The molecule has 82 valence electrons. The number of likely N-dealkylation sites (tertiary alicyclic amines) is 1. The monoisotopic (exact) mass is 214 g/mol. The molecular formula is C11H22N2S. The quantitative estimate of drug-likeness (QED) is 0.711. The van der Waals surface area contributed by atoms with Crippen LogP contribution < -0.4 is 5.73 Å². The molecule has 0 atom stereocenters. The van der Waals surface area contributed by atoms with Crippen LogP contribution in [0.1, 0.15) is 39.0 Å². The van der Waals surface area contributed by atoms with Crippen LogP contribution in [-0.2, 0) is 0 Å². The van der Waals surface area contributed by atoms with Crippen molar-refractivity contribution in [1.82, 2.24) is 4.90 Å². The molecule has 3 heteroatoms. The highest BCUT2D eigenvalue weighted by Gasteiger charge is 2.17. The van der Waals surface area contributed by atoms with E-state index < -0.39 is 0 Å². The van der Waals surface area contributed by atoms with Gasteiger partial charge in [-0.15, -0.1) is 0 Å². The van der Waals surface area contributed by atoms with Crippen molar-refractivity contribution in [1.29, 1.82) is 0 Å². The minimum atomic E-state index is 0.653. The Hall–Kier alpha value is -0.150. The smallest absolute Gasteiger partial charge is 0.0740 e. The second-order valence-corrected chi connectivity index (χ2v) is 4.81. The second-order valence-electron chi connectivity index (χ2n) is 4.29. The first kappa shape index (κ1) is 11.9. The molecule has 0 saturated carbocycles. The summed E-state index contributed by atoms with van der Waals surface area (Å²) in [6.07, 6.45) is 6.35. The first-order valence-corrected chi connectivity index (χ1v) is 6.14. The zero-order valence-electron chi connectivity index (χ0n) is 9.17. The van der Waals surface area contributed by atoms with Crippen molar-refractivity contribution >= 4 is 17.2 Å². The molecule has 1 fully saturated rings. The van der Waals surface area contributed by atoms with E-state index in [4.69, 9.17) is 18.0 Å². The highest BCUT2D eigenvalue weighted by Crippen LogP contribution is 2.21. The predicted octanol–water partition coefficient (Wildman–Crippen LogP) is 2.17. The maximum Gasteiger partial charge on any atom is 0.0740 e. The van der Waals surface area contributed by atoms with Crippen LogP contribution in [0.4, 0.5) is 0 Å². The largest absolute Gasteiger partial charge is 0.393 e. The van der Waals surface area contributed by atoms with Crippen LogP contribution in [0, 0.1) is 5.92 Å². The van der Waals surface area contributed by atoms with Crippen molar-refractivity contribution in [2.75, 3.05) is 19.6 Å². The van der Waals surface area contributed by atoms with Gasteiger partial charge in [-0.25, -0.2) is 0 Å². The van der Waals surface area contributed by atoms with E-state index >= 15 is 0 Å². The van der Waals surface area contributed by atoms with Gasteiger partial charge in [0.25, 0.3) is 0 Å². The Balaban J connectivity index is 2.12. The van der Waals surface area contributed by atoms with Gasteiger partial charge in [0.2, 0.25) is 0 Å². The summed E-state index contributed by atoms with van der Waals surface area (Å²) in [5.41, 5.74) is 5.49. The van der Waals surface area contributed by atoms with Crippen molar-refractivity contribution in [2.24, 2.45) is 11.7 Å². The Morgan fingerprint density at radius 1 is 1.43 bits per heavy atom. The Morgan fingerprint density at radius 3 is 2.57 bits per heavy atom. The molecule has 2 nitrogen and oxygen atoms in total. The van der Waals surface area contributed by atoms with Gasteiger partial charge in [0.1, 0.15) is 0 Å². The van der Waals surface area contributed by atoms with Gasteiger partial charge in [0, 0.05) is 13.0 Å². The van der Waals surface area contributed by atoms with Crippen molar-refractivity contribution in [3.63, 3.8) is 0 Å². The number of hydrogen-bond acceptors (Lipinski definition) is 2. The number of hydrogen-bond donors (Lipinski definition) is 1. The molecule has 0 aromatic heterocycles. The first-order valence-electron chi connectivity index (χ1n) is 5.73. The van der Waals surface area contributed by atoms with E-state index in [2.05, 4.69) is 11.8 Å². The summed E-state index contributed by atoms with van der Waals surface area (Å²) >= 11 is 4.88. The summed E-state index contributed by atoms with van der Waals surface area (Å²) in [6.45, 7) is 5.83. The molecular weight excluding hydrogens is 192 g/mol. The Bertz CT molecular complexity index is 174. The van der Waals surface area contributed by atoms with Gasteiger partial charge in [0.05, 0.1) is 4.99 Å². The standard InChI is InChI=1S/C11H22N2S/c1-2-3-10-4-7-13(8-5-10)9-6-11(12)14/h10H,2-9H2,1H3,(H2,12,14). The van der Waals surface area contributed by atoms with Crippen LogP contribution in [0.25, 0.3) is 0 Å². The van der Waals surface area contributed by atoms with Crippen molar-refractivity contribution in [3.8, 4) is 0 Å². The molecule has 2 N–H and O–H groups in total. The Morgan fingerprint density at radius 2 is 2.07 bits per heavy atom. The summed E-state index contributed by atoms with van der Waals surface area (Å²) in [4.78, 5) is 3.14. The van der Waals surface area contributed by atoms with Crippen molar-refractivity contribution in [2.45, 2.75) is 39.0 Å². The fraction of sp³-hybridized carbons (Fsp3) is 0.909. The first-order chi connectivity index (χ1) is 6.72. The fourth-order valence-corrected chi connectivity index (χ4v) is 2.27. The van der Waals surface area contributed by atoms with Gasteiger partial charge in [-0.05, 0) is 31.8 Å². The Kier molecular flexibility index (Phi) is 5.41. The maximum absolute atomic E-state index is 5.49. The molecule has 0 radical (unpaired) electrons. The van der Waals surface area contributed by atoms with Crippen molar-refractivity contribution in [3.05, 3.63) is 0 Å². The van der Waals surface area contributed by atoms with Gasteiger partial charge in [-0.3, -0.25) is 0 Å². The fourth-order valence-electron chi connectivity index (χ4n) is 2.18. The van der Waals surface area contributed by atoms with E-state index in [0.717, 1.165) is 18.9 Å². The number of thiocarbonyl (C=S) groups is 1. The average molecular weight is 214 g/mol. The molecule has 1 heterocycles. The highest BCUT2D eigenvalue weighted by atomic mass is 32.1. The summed E-state index contributed by atoms with van der Waals surface area (Å²) in [6, 6.07) is 0. The van der Waals surface area contributed by atoms with Gasteiger partial charge in [-0.1, -0.05) is 32.0 Å². The summed E-state index contributed by atoms with van der Waals surface area (Å²) in [5, 5.41) is 0. The summed E-state index contributed by atoms with van der Waals surface area (Å²) in [7, 11) is 0. The third kappa shape index (κ3) is 4.38. The van der Waals surface area contributed by atoms with Crippen LogP contribution in [0.2, 0.25) is 0 Å². The molecule has 14 heavy (non-hydrogen) atoms. The zero-order valence-corrected chi connectivity index (χ0v) is 9.98. The second kappa shape index (κ2) is 6.36. The SMILES string of the molecule is CCCC1CCN(CCC(N)=S)CC1. The molecule has 0 amide bonds. The lowest BCUT2D eigenvalue weighted by atomic mass is 9.92. The lowest BCUT2D eigenvalue weighted by molar-refractivity contribution is 0.183. The number of rotatable bonds is 5. The zero-order chi connectivity index (χ0) is 10.4. The lowest BCUT2D eigenvalue weighted by Gasteiger charge is -2.31. The van der Waals surface area contributed by atoms with E-state index in [0.29, 0.717) is 4.99 Å². The summed E-state index contributed by atoms with van der Waals surface area (Å²) in [5.74, 6) is 0.973. The molecule has 1 rings (SSSR count). The van der Waals surface area contributed by atoms with Crippen molar-refractivity contribution < 1.29 is 0 Å². The molecule has 1 saturated heterocycles. The van der Waals surface area contributed by atoms with Crippen LogP contribution in [-0.4, -0.2) is 29.5 Å². The number of nitrogens with zero attached hydrogens (tertiary/aromatic N) is 1. The molecule has 1 aliphatic heterocycles. The molecule has 0 spiro atoms. The minimum Gasteiger partial charge on any atom is -0.393 e. The minimum absolute atomic E-state index is 0.653. The predicted molar refractivity (Wildman–Crippen MR) is 65.5 cm³/mol. The number of nitrogens with two attached hydrogens (primary N) is 1. The summed E-state index contributed by atoms with van der Waals surface area (Å²) < 4.78 is 0. The molecule has 0 unspecified atom stereocenters. The number of piperidine rings is 1. The van der Waals surface area contributed by atoms with E-state index in [-0.39, 0.29) is 0 Å². The topological polar surface area (TPSA) is 29.3 Å². The van der Waals surface area contributed by atoms with E-state index in [1.54, 1.807) is 0 Å². The molecule has 0 bridgehead atoms. The average Bonchev–Trinajstić information content (AvgIpc) is 2.17. The van der Waals surface area contributed by atoms with E-state index in [1.807, 2.05) is 0 Å². The third-order valence-corrected chi connectivity index (χ3v) is 3.28. The van der Waals surface area contributed by atoms with Crippen LogP contribution in [0.15, 0.2) is 0 Å². The van der Waals surface area contributed by atoms with E-state index in [9.17, 15) is 0 Å². The van der Waals surface area contributed by atoms with Gasteiger partial charge in [0.15, 0.2) is 0 Å². The van der Waals surface area contributed by atoms with Crippen LogP contribution in [0.3, 0.4) is 0 Å². The maximum atomic E-state index is 5.49. The van der Waals surface area contributed by atoms with Crippen LogP contribution in [0.5, 0.6) is 0 Å². The highest BCUT2D eigenvalue weighted by molar-refractivity contribution is 7.80. The van der Waals surface area contributed by atoms with E-state index in [1.165, 1.54) is 38.8 Å². The molecule has 0 aromatic rings. The van der Waals surface area contributed by atoms with Gasteiger partial charge >= 0.3 is 0 Å². The normalized spacial score (nSPS) is 19.8. The molecule has 1 aliphatic rings.